The van der Waals surface area contributed by atoms with E-state index in [1.165, 1.54) is 14.5 Å². The SMILES string of the molecule is CSc1ccnc2cc(C)sc12. The van der Waals surface area contributed by atoms with Crippen LogP contribution in [0.2, 0.25) is 0 Å². The van der Waals surface area contributed by atoms with Crippen LogP contribution in [0, 0.1) is 6.92 Å². The smallest absolute Gasteiger partial charge is 0.0823 e. The molecule has 3 heteroatoms. The van der Waals surface area contributed by atoms with E-state index >= 15 is 0 Å². The fraction of sp³-hybridized carbons (Fsp3) is 0.222. The maximum absolute atomic E-state index is 4.31. The lowest BCUT2D eigenvalue weighted by Crippen LogP contribution is -1.73. The second-order valence-electron chi connectivity index (χ2n) is 2.58. The molecular formula is C9H9NS2. The van der Waals surface area contributed by atoms with Crippen molar-refractivity contribution in [2.24, 2.45) is 0 Å². The Labute approximate surface area is 79.8 Å². The first kappa shape index (κ1) is 8.08. The molecule has 0 radical (unpaired) electrons. The summed E-state index contributed by atoms with van der Waals surface area (Å²) < 4.78 is 1.32. The third-order valence-corrected chi connectivity index (χ3v) is 3.70. The number of nitrogens with zero attached hydrogens (tertiary/aromatic N) is 1. The number of rotatable bonds is 1. The molecule has 0 saturated heterocycles. The van der Waals surface area contributed by atoms with Gasteiger partial charge in [-0.2, -0.15) is 0 Å². The van der Waals surface area contributed by atoms with Gasteiger partial charge in [0.05, 0.1) is 10.2 Å². The number of aromatic nitrogens is 1. The summed E-state index contributed by atoms with van der Waals surface area (Å²) in [6, 6.07) is 4.21. The zero-order valence-electron chi connectivity index (χ0n) is 7.00. The van der Waals surface area contributed by atoms with Gasteiger partial charge in [-0.05, 0) is 25.3 Å². The van der Waals surface area contributed by atoms with Crippen molar-refractivity contribution in [3.8, 4) is 0 Å². The molecule has 0 aliphatic carbocycles. The van der Waals surface area contributed by atoms with Gasteiger partial charge in [0.15, 0.2) is 0 Å². The first-order chi connectivity index (χ1) is 5.81. The second-order valence-corrected chi connectivity index (χ2v) is 4.69. The molecule has 0 bridgehead atoms. The molecule has 0 saturated carbocycles. The maximum atomic E-state index is 4.31. The molecule has 0 spiro atoms. The molecule has 2 rings (SSSR count). The van der Waals surface area contributed by atoms with Gasteiger partial charge in [-0.3, -0.25) is 4.98 Å². The number of aryl methyl sites for hydroxylation is 1. The molecule has 0 fully saturated rings. The Hall–Kier alpha value is -0.540. The monoisotopic (exact) mass is 195 g/mol. The van der Waals surface area contributed by atoms with Gasteiger partial charge >= 0.3 is 0 Å². The summed E-state index contributed by atoms with van der Waals surface area (Å²) in [7, 11) is 0. The molecule has 0 aliphatic heterocycles. The van der Waals surface area contributed by atoms with Crippen LogP contribution in [0.1, 0.15) is 4.88 Å². The Bertz CT molecular complexity index is 406. The van der Waals surface area contributed by atoms with E-state index in [0.29, 0.717) is 0 Å². The molecule has 1 nitrogen and oxygen atoms in total. The van der Waals surface area contributed by atoms with Crippen LogP contribution < -0.4 is 0 Å². The van der Waals surface area contributed by atoms with Gasteiger partial charge in [0.25, 0.3) is 0 Å². The van der Waals surface area contributed by atoms with Gasteiger partial charge in [-0.15, -0.1) is 23.1 Å². The van der Waals surface area contributed by atoms with Crippen molar-refractivity contribution in [2.75, 3.05) is 6.26 Å². The number of thiophene rings is 1. The van der Waals surface area contributed by atoms with Gasteiger partial charge in [-0.1, -0.05) is 0 Å². The molecule has 0 aromatic carbocycles. The molecular weight excluding hydrogens is 186 g/mol. The summed E-state index contributed by atoms with van der Waals surface area (Å²) in [4.78, 5) is 6.97. The quantitative estimate of drug-likeness (QED) is 0.647. The fourth-order valence-electron chi connectivity index (χ4n) is 1.19. The number of hydrogen-bond acceptors (Lipinski definition) is 3. The van der Waals surface area contributed by atoms with Crippen molar-refractivity contribution in [3.05, 3.63) is 23.2 Å². The van der Waals surface area contributed by atoms with Crippen LogP contribution in [0.5, 0.6) is 0 Å². The van der Waals surface area contributed by atoms with E-state index in [0.717, 1.165) is 5.52 Å². The Balaban J connectivity index is 2.78. The minimum absolute atomic E-state index is 1.13. The van der Waals surface area contributed by atoms with E-state index in [2.05, 4.69) is 30.3 Å². The van der Waals surface area contributed by atoms with Crippen LogP contribution in [0.15, 0.2) is 23.2 Å². The minimum atomic E-state index is 1.13. The fourth-order valence-corrected chi connectivity index (χ4v) is 2.93. The highest BCUT2D eigenvalue weighted by molar-refractivity contribution is 7.99. The van der Waals surface area contributed by atoms with Gasteiger partial charge in [0.1, 0.15) is 0 Å². The molecule has 0 amide bonds. The van der Waals surface area contributed by atoms with E-state index in [4.69, 9.17) is 0 Å². The zero-order chi connectivity index (χ0) is 8.55. The number of hydrogen-bond donors (Lipinski definition) is 0. The summed E-state index contributed by atoms with van der Waals surface area (Å²) in [6.07, 6.45) is 3.98. The molecule has 62 valence electrons. The third-order valence-electron chi connectivity index (χ3n) is 1.72. The average molecular weight is 195 g/mol. The Morgan fingerprint density at radius 3 is 3.08 bits per heavy atom. The number of fused-ring (bicyclic) bond motifs is 1. The summed E-state index contributed by atoms with van der Waals surface area (Å²) in [5, 5.41) is 0. The highest BCUT2D eigenvalue weighted by Crippen LogP contribution is 2.31. The lowest BCUT2D eigenvalue weighted by atomic mass is 10.4. The van der Waals surface area contributed by atoms with Crippen LogP contribution in [0.25, 0.3) is 10.2 Å². The normalized spacial score (nSPS) is 10.8. The van der Waals surface area contributed by atoms with Crippen LogP contribution in [-0.2, 0) is 0 Å². The molecule has 0 atom stereocenters. The number of pyridine rings is 1. The van der Waals surface area contributed by atoms with Crippen LogP contribution >= 0.6 is 23.1 Å². The maximum Gasteiger partial charge on any atom is 0.0823 e. The van der Waals surface area contributed by atoms with E-state index in [-0.39, 0.29) is 0 Å². The van der Waals surface area contributed by atoms with Gasteiger partial charge in [0, 0.05) is 16.0 Å². The van der Waals surface area contributed by atoms with Gasteiger partial charge in [-0.25, -0.2) is 0 Å². The van der Waals surface area contributed by atoms with Crippen molar-refractivity contribution in [1.29, 1.82) is 0 Å². The van der Waals surface area contributed by atoms with Crippen molar-refractivity contribution in [1.82, 2.24) is 4.98 Å². The largest absolute Gasteiger partial charge is 0.255 e. The lowest BCUT2D eigenvalue weighted by molar-refractivity contribution is 1.37. The van der Waals surface area contributed by atoms with Crippen molar-refractivity contribution in [3.63, 3.8) is 0 Å². The Morgan fingerprint density at radius 2 is 2.33 bits per heavy atom. The summed E-state index contributed by atoms with van der Waals surface area (Å²) in [5.74, 6) is 0. The zero-order valence-corrected chi connectivity index (χ0v) is 8.63. The molecule has 0 unspecified atom stereocenters. The Kier molecular flexibility index (Phi) is 2.07. The average Bonchev–Trinajstić information content (AvgIpc) is 2.44. The van der Waals surface area contributed by atoms with Crippen LogP contribution in [-0.4, -0.2) is 11.2 Å². The topological polar surface area (TPSA) is 12.9 Å². The first-order valence-electron chi connectivity index (χ1n) is 3.70. The highest BCUT2D eigenvalue weighted by atomic mass is 32.2. The molecule has 2 aromatic rings. The van der Waals surface area contributed by atoms with E-state index in [9.17, 15) is 0 Å². The standard InChI is InChI=1S/C9H9NS2/c1-6-5-7-9(12-6)8(11-2)3-4-10-7/h3-5H,1-2H3. The van der Waals surface area contributed by atoms with Crippen LogP contribution in [0.3, 0.4) is 0 Å². The molecule has 0 aliphatic rings. The van der Waals surface area contributed by atoms with Crippen molar-refractivity contribution < 1.29 is 0 Å². The summed E-state index contributed by atoms with van der Waals surface area (Å²) in [5.41, 5.74) is 1.13. The van der Waals surface area contributed by atoms with E-state index in [1.54, 1.807) is 11.8 Å². The predicted octanol–water partition coefficient (Wildman–Crippen LogP) is 3.33. The number of thioether (sulfide) groups is 1. The van der Waals surface area contributed by atoms with Gasteiger partial charge < -0.3 is 0 Å². The minimum Gasteiger partial charge on any atom is -0.255 e. The molecule has 2 aromatic heterocycles. The molecule has 12 heavy (non-hydrogen) atoms. The highest BCUT2D eigenvalue weighted by Gasteiger charge is 2.03. The first-order valence-corrected chi connectivity index (χ1v) is 5.74. The van der Waals surface area contributed by atoms with E-state index in [1.807, 2.05) is 17.5 Å². The van der Waals surface area contributed by atoms with Crippen LogP contribution in [0.4, 0.5) is 0 Å². The second kappa shape index (κ2) is 3.07. The molecule has 0 N–H and O–H groups in total. The van der Waals surface area contributed by atoms with Gasteiger partial charge in [0.2, 0.25) is 0 Å². The summed E-state index contributed by atoms with van der Waals surface area (Å²) in [6.45, 7) is 2.12. The predicted molar refractivity (Wildman–Crippen MR) is 56.1 cm³/mol. The van der Waals surface area contributed by atoms with Crippen molar-refractivity contribution in [2.45, 2.75) is 11.8 Å². The van der Waals surface area contributed by atoms with E-state index < -0.39 is 0 Å². The lowest BCUT2D eigenvalue weighted by Gasteiger charge is -1.95. The third kappa shape index (κ3) is 1.23. The molecule has 2 heterocycles. The Morgan fingerprint density at radius 1 is 1.50 bits per heavy atom. The van der Waals surface area contributed by atoms with Crippen molar-refractivity contribution >= 4 is 33.3 Å². The summed E-state index contributed by atoms with van der Waals surface area (Å²) >= 11 is 3.60.